The molecule has 0 radical (unpaired) electrons. The van der Waals surface area contributed by atoms with E-state index in [1.165, 1.54) is 0 Å². The molecule has 0 fully saturated rings. The van der Waals surface area contributed by atoms with E-state index in [0.717, 1.165) is 22.4 Å². The largest absolute Gasteiger partial charge is 0.481 e. The third kappa shape index (κ3) is 5.20. The van der Waals surface area contributed by atoms with Crippen LogP contribution in [0.15, 0.2) is 71.3 Å². The molecule has 1 atom stereocenters. The normalized spacial score (nSPS) is 11.8. The van der Waals surface area contributed by atoms with Crippen molar-refractivity contribution in [2.45, 2.75) is 32.6 Å². The van der Waals surface area contributed by atoms with Gasteiger partial charge in [-0.2, -0.15) is 0 Å². The molecule has 2 aromatic carbocycles. The van der Waals surface area contributed by atoms with Crippen LogP contribution in [0.1, 0.15) is 51.0 Å². The van der Waals surface area contributed by atoms with E-state index in [1.807, 2.05) is 62.4 Å². The second-order valence-electron chi connectivity index (χ2n) is 7.92. The van der Waals surface area contributed by atoms with E-state index in [9.17, 15) is 9.59 Å². The van der Waals surface area contributed by atoms with Crippen molar-refractivity contribution in [2.75, 3.05) is 0 Å². The molecule has 0 bridgehead atoms. The summed E-state index contributed by atoms with van der Waals surface area (Å²) < 4.78 is 5.46. The van der Waals surface area contributed by atoms with Crippen LogP contribution in [0.3, 0.4) is 0 Å². The molecular formula is C26H23N3O4. The fourth-order valence-corrected chi connectivity index (χ4v) is 3.84. The molecule has 7 nitrogen and oxygen atoms in total. The molecule has 4 aromatic rings. The maximum absolute atomic E-state index is 13.1. The van der Waals surface area contributed by atoms with Gasteiger partial charge in [0.15, 0.2) is 5.78 Å². The lowest BCUT2D eigenvalue weighted by Crippen LogP contribution is -2.11. The monoisotopic (exact) mass is 441 g/mol. The van der Waals surface area contributed by atoms with Gasteiger partial charge in [-0.05, 0) is 54.8 Å². The summed E-state index contributed by atoms with van der Waals surface area (Å²) >= 11 is 0. The van der Waals surface area contributed by atoms with E-state index in [1.54, 1.807) is 12.3 Å². The fourth-order valence-electron chi connectivity index (χ4n) is 3.84. The predicted octanol–water partition coefficient (Wildman–Crippen LogP) is 4.78. The van der Waals surface area contributed by atoms with Crippen molar-refractivity contribution in [3.63, 3.8) is 0 Å². The molecule has 166 valence electrons. The zero-order chi connectivity index (χ0) is 23.4. The van der Waals surface area contributed by atoms with Crippen molar-refractivity contribution in [3.05, 3.63) is 101 Å². The summed E-state index contributed by atoms with van der Waals surface area (Å²) in [5.74, 6) is -0.804. The topological polar surface area (TPSA) is 106 Å². The highest BCUT2D eigenvalue weighted by molar-refractivity contribution is 5.96. The van der Waals surface area contributed by atoms with Crippen molar-refractivity contribution in [3.8, 4) is 11.5 Å². The maximum Gasteiger partial charge on any atom is 0.312 e. The zero-order valence-electron chi connectivity index (χ0n) is 18.4. The molecule has 0 saturated heterocycles. The SMILES string of the molecule is Cc1cc(C(=O)CC(c2ccc(-c3nnc(CC(=O)O)o3)cc2)c2ccccc2C)ccn1. The van der Waals surface area contributed by atoms with Crippen molar-refractivity contribution in [1.82, 2.24) is 15.2 Å². The van der Waals surface area contributed by atoms with Crippen LogP contribution in [0.5, 0.6) is 0 Å². The third-order valence-corrected chi connectivity index (χ3v) is 5.50. The lowest BCUT2D eigenvalue weighted by atomic mass is 9.83. The number of nitrogens with zero attached hydrogens (tertiary/aromatic N) is 3. The molecule has 0 amide bonds. The summed E-state index contributed by atoms with van der Waals surface area (Å²) in [6, 6.07) is 19.2. The first-order valence-electron chi connectivity index (χ1n) is 10.6. The predicted molar refractivity (Wildman–Crippen MR) is 122 cm³/mol. The number of hydrogen-bond donors (Lipinski definition) is 1. The number of aryl methyl sites for hydroxylation is 2. The van der Waals surface area contributed by atoms with E-state index in [2.05, 4.69) is 21.2 Å². The molecular weight excluding hydrogens is 418 g/mol. The minimum absolute atomic E-state index is 0.0491. The molecule has 2 heterocycles. The molecule has 0 spiro atoms. The van der Waals surface area contributed by atoms with E-state index in [-0.39, 0.29) is 29.9 Å². The zero-order valence-corrected chi connectivity index (χ0v) is 18.4. The smallest absolute Gasteiger partial charge is 0.312 e. The van der Waals surface area contributed by atoms with Crippen LogP contribution in [0.25, 0.3) is 11.5 Å². The Morgan fingerprint density at radius 2 is 1.76 bits per heavy atom. The number of benzene rings is 2. The van der Waals surface area contributed by atoms with Gasteiger partial charge in [0.1, 0.15) is 6.42 Å². The van der Waals surface area contributed by atoms with Crippen molar-refractivity contribution < 1.29 is 19.1 Å². The number of aromatic nitrogens is 3. The van der Waals surface area contributed by atoms with E-state index in [4.69, 9.17) is 9.52 Å². The van der Waals surface area contributed by atoms with Gasteiger partial charge in [-0.1, -0.05) is 36.4 Å². The van der Waals surface area contributed by atoms with Gasteiger partial charge in [-0.3, -0.25) is 14.6 Å². The van der Waals surface area contributed by atoms with Crippen molar-refractivity contribution >= 4 is 11.8 Å². The Hall–Kier alpha value is -4.13. The average Bonchev–Trinajstić information content (AvgIpc) is 3.26. The Kier molecular flexibility index (Phi) is 6.40. The molecule has 0 aliphatic rings. The van der Waals surface area contributed by atoms with Crippen molar-refractivity contribution in [2.24, 2.45) is 0 Å². The van der Waals surface area contributed by atoms with E-state index < -0.39 is 5.97 Å². The average molecular weight is 441 g/mol. The van der Waals surface area contributed by atoms with Gasteiger partial charge in [-0.15, -0.1) is 10.2 Å². The number of hydrogen-bond acceptors (Lipinski definition) is 6. The van der Waals surface area contributed by atoms with Gasteiger partial charge >= 0.3 is 5.97 Å². The lowest BCUT2D eigenvalue weighted by Gasteiger charge is -2.20. The third-order valence-electron chi connectivity index (χ3n) is 5.50. The number of Topliss-reactive ketones (excluding diaryl/α,β-unsaturated/α-hetero) is 1. The van der Waals surface area contributed by atoms with Gasteiger partial charge in [-0.25, -0.2) is 0 Å². The Labute approximate surface area is 191 Å². The summed E-state index contributed by atoms with van der Waals surface area (Å²) in [5.41, 5.74) is 5.32. The molecule has 1 unspecified atom stereocenters. The van der Waals surface area contributed by atoms with E-state index in [0.29, 0.717) is 17.5 Å². The van der Waals surface area contributed by atoms with Gasteiger partial charge in [0.25, 0.3) is 0 Å². The number of carbonyl (C=O) groups excluding carboxylic acids is 1. The number of rotatable bonds is 8. The summed E-state index contributed by atoms with van der Waals surface area (Å²) in [4.78, 5) is 28.2. The van der Waals surface area contributed by atoms with Crippen LogP contribution in [0.4, 0.5) is 0 Å². The van der Waals surface area contributed by atoms with Crippen LogP contribution in [-0.4, -0.2) is 32.0 Å². The number of ketones is 1. The molecule has 1 N–H and O–H groups in total. The standard InChI is InChI=1S/C26H23N3O4/c1-16-5-3-4-6-21(16)22(14-23(30)20-11-12-27-17(2)13-20)18-7-9-19(10-8-18)26-29-28-24(33-26)15-25(31)32/h3-13,22H,14-15H2,1-2H3,(H,31,32). The Morgan fingerprint density at radius 1 is 1.00 bits per heavy atom. The first kappa shape index (κ1) is 22.1. The minimum atomic E-state index is -1.03. The highest BCUT2D eigenvalue weighted by atomic mass is 16.4. The van der Waals surface area contributed by atoms with Crippen LogP contribution >= 0.6 is 0 Å². The first-order valence-corrected chi connectivity index (χ1v) is 10.6. The van der Waals surface area contributed by atoms with Gasteiger partial charge in [0, 0.05) is 35.4 Å². The lowest BCUT2D eigenvalue weighted by molar-refractivity contribution is -0.136. The molecule has 0 saturated carbocycles. The van der Waals surface area contributed by atoms with Gasteiger partial charge in [0.2, 0.25) is 11.8 Å². The summed E-state index contributed by atoms with van der Waals surface area (Å²) in [6.45, 7) is 3.91. The molecule has 33 heavy (non-hydrogen) atoms. The second-order valence-corrected chi connectivity index (χ2v) is 7.92. The number of carboxylic acids is 1. The van der Waals surface area contributed by atoms with Gasteiger partial charge < -0.3 is 9.52 Å². The Balaban J connectivity index is 1.64. The highest BCUT2D eigenvalue weighted by Crippen LogP contribution is 2.33. The van der Waals surface area contributed by atoms with Crippen LogP contribution in [-0.2, 0) is 11.2 Å². The number of carboxylic acid groups (broad SMARTS) is 1. The van der Waals surface area contributed by atoms with E-state index >= 15 is 0 Å². The fraction of sp³-hybridized carbons (Fsp3) is 0.192. The van der Waals surface area contributed by atoms with Crippen molar-refractivity contribution in [1.29, 1.82) is 0 Å². The number of aliphatic carboxylic acids is 1. The highest BCUT2D eigenvalue weighted by Gasteiger charge is 2.21. The number of carbonyl (C=O) groups is 2. The van der Waals surface area contributed by atoms with Gasteiger partial charge in [0.05, 0.1) is 0 Å². The van der Waals surface area contributed by atoms with Crippen LogP contribution < -0.4 is 0 Å². The molecule has 4 rings (SSSR count). The number of pyridine rings is 1. The molecule has 7 heteroatoms. The Morgan fingerprint density at radius 3 is 2.45 bits per heavy atom. The summed E-state index contributed by atoms with van der Waals surface area (Å²) in [7, 11) is 0. The summed E-state index contributed by atoms with van der Waals surface area (Å²) in [6.07, 6.45) is 1.65. The van der Waals surface area contributed by atoms with Crippen LogP contribution in [0.2, 0.25) is 0 Å². The first-order chi connectivity index (χ1) is 15.9. The second kappa shape index (κ2) is 9.56. The molecule has 0 aliphatic heterocycles. The molecule has 0 aliphatic carbocycles. The summed E-state index contributed by atoms with van der Waals surface area (Å²) in [5, 5.41) is 16.6. The Bertz CT molecular complexity index is 1290. The molecule has 2 aromatic heterocycles. The minimum Gasteiger partial charge on any atom is -0.481 e. The maximum atomic E-state index is 13.1. The quantitative estimate of drug-likeness (QED) is 0.392. The van der Waals surface area contributed by atoms with Crippen LogP contribution in [0, 0.1) is 13.8 Å².